The third-order valence-corrected chi connectivity index (χ3v) is 3.28. The molecule has 2 unspecified atom stereocenters. The number of carbonyl (C=O) groups excluding carboxylic acids is 1. The normalized spacial score (nSPS) is 22.7. The zero-order valence-corrected chi connectivity index (χ0v) is 11.2. The maximum Gasteiger partial charge on any atom is 0.415 e. The summed E-state index contributed by atoms with van der Waals surface area (Å²) in [5, 5.41) is 9.29. The molecular formula is C14H17NO4. The van der Waals surface area contributed by atoms with Gasteiger partial charge in [-0.3, -0.25) is 4.90 Å². The summed E-state index contributed by atoms with van der Waals surface area (Å²) in [6.07, 6.45) is -1.27. The fourth-order valence-corrected chi connectivity index (χ4v) is 2.36. The molecule has 19 heavy (non-hydrogen) atoms. The van der Waals surface area contributed by atoms with Gasteiger partial charge in [0.25, 0.3) is 0 Å². The van der Waals surface area contributed by atoms with Crippen LogP contribution in [0.15, 0.2) is 24.3 Å². The number of carboxylic acids is 1. The van der Waals surface area contributed by atoms with Crippen LogP contribution in [0.4, 0.5) is 10.5 Å². The number of carboxylic acid groups (broad SMARTS) is 1. The lowest BCUT2D eigenvalue weighted by Gasteiger charge is -2.23. The first kappa shape index (κ1) is 13.4. The van der Waals surface area contributed by atoms with Crippen LogP contribution >= 0.6 is 0 Å². The molecule has 5 nitrogen and oxygen atoms in total. The van der Waals surface area contributed by atoms with Crippen LogP contribution in [-0.4, -0.2) is 29.3 Å². The predicted octanol–water partition coefficient (Wildman–Crippen LogP) is 2.61. The lowest BCUT2D eigenvalue weighted by molar-refractivity contribution is -0.139. The summed E-state index contributed by atoms with van der Waals surface area (Å²) in [5.41, 5.74) is 1.54. The maximum absolute atomic E-state index is 11.9. The number of aliphatic carboxylic acids is 1. The van der Waals surface area contributed by atoms with Crippen LogP contribution in [0.3, 0.4) is 0 Å². The van der Waals surface area contributed by atoms with Gasteiger partial charge in [0.05, 0.1) is 5.69 Å². The second-order valence-electron chi connectivity index (χ2n) is 4.96. The molecule has 1 aliphatic heterocycles. The van der Waals surface area contributed by atoms with Gasteiger partial charge in [-0.15, -0.1) is 0 Å². The Morgan fingerprint density at radius 1 is 1.37 bits per heavy atom. The van der Waals surface area contributed by atoms with E-state index in [0.29, 0.717) is 5.69 Å². The second kappa shape index (κ2) is 4.91. The Kier molecular flexibility index (Phi) is 3.46. The third kappa shape index (κ3) is 2.28. The van der Waals surface area contributed by atoms with Crippen molar-refractivity contribution in [2.75, 3.05) is 4.90 Å². The monoisotopic (exact) mass is 263 g/mol. The molecule has 0 bridgehead atoms. The Hall–Kier alpha value is -2.04. The van der Waals surface area contributed by atoms with Gasteiger partial charge in [-0.05, 0) is 24.5 Å². The minimum Gasteiger partial charge on any atom is -0.480 e. The molecule has 2 rings (SSSR count). The highest BCUT2D eigenvalue weighted by atomic mass is 16.6. The number of nitrogens with zero attached hydrogens (tertiary/aromatic N) is 1. The SMILES string of the molecule is CC(C)c1ccccc1N1C(=O)OC(C)C1C(=O)O. The summed E-state index contributed by atoms with van der Waals surface area (Å²) in [7, 11) is 0. The quantitative estimate of drug-likeness (QED) is 0.910. The summed E-state index contributed by atoms with van der Waals surface area (Å²) in [4.78, 5) is 24.5. The molecule has 1 amide bonds. The standard InChI is InChI=1S/C14H17NO4/c1-8(2)10-6-4-5-7-11(10)15-12(13(16)17)9(3)19-14(15)18/h4-9,12H,1-3H3,(H,16,17). The molecule has 1 aliphatic rings. The second-order valence-corrected chi connectivity index (χ2v) is 4.96. The Morgan fingerprint density at radius 2 is 2.00 bits per heavy atom. The number of carbonyl (C=O) groups is 2. The third-order valence-electron chi connectivity index (χ3n) is 3.28. The fraction of sp³-hybridized carbons (Fsp3) is 0.429. The van der Waals surface area contributed by atoms with E-state index in [1.807, 2.05) is 26.0 Å². The van der Waals surface area contributed by atoms with Crippen molar-refractivity contribution in [3.8, 4) is 0 Å². The molecule has 1 aromatic rings. The summed E-state index contributed by atoms with van der Waals surface area (Å²) in [5.74, 6) is -0.869. The van der Waals surface area contributed by atoms with Crippen LogP contribution in [0.25, 0.3) is 0 Å². The number of benzene rings is 1. The van der Waals surface area contributed by atoms with E-state index in [1.165, 1.54) is 4.90 Å². The number of anilines is 1. The molecule has 0 aliphatic carbocycles. The first-order chi connectivity index (χ1) is 8.93. The summed E-state index contributed by atoms with van der Waals surface area (Å²) >= 11 is 0. The van der Waals surface area contributed by atoms with E-state index in [9.17, 15) is 14.7 Å². The average Bonchev–Trinajstić information content (AvgIpc) is 2.64. The van der Waals surface area contributed by atoms with E-state index < -0.39 is 24.2 Å². The summed E-state index contributed by atoms with van der Waals surface area (Å²) in [6.45, 7) is 5.59. The number of ether oxygens (including phenoxy) is 1. The highest BCUT2D eigenvalue weighted by Crippen LogP contribution is 2.33. The summed E-state index contributed by atoms with van der Waals surface area (Å²) in [6, 6.07) is 6.34. The minimum absolute atomic E-state index is 0.189. The van der Waals surface area contributed by atoms with Crippen molar-refractivity contribution in [2.45, 2.75) is 38.8 Å². The highest BCUT2D eigenvalue weighted by Gasteiger charge is 2.45. The highest BCUT2D eigenvalue weighted by molar-refractivity contribution is 5.99. The van der Waals surface area contributed by atoms with Crippen LogP contribution in [0.5, 0.6) is 0 Å². The lowest BCUT2D eigenvalue weighted by atomic mass is 9.99. The van der Waals surface area contributed by atoms with Crippen molar-refractivity contribution in [3.05, 3.63) is 29.8 Å². The predicted molar refractivity (Wildman–Crippen MR) is 70.4 cm³/mol. The van der Waals surface area contributed by atoms with Gasteiger partial charge in [0.2, 0.25) is 0 Å². The smallest absolute Gasteiger partial charge is 0.415 e. The molecule has 0 saturated carbocycles. The van der Waals surface area contributed by atoms with Crippen molar-refractivity contribution in [1.29, 1.82) is 0 Å². The number of rotatable bonds is 3. The maximum atomic E-state index is 11.9. The van der Waals surface area contributed by atoms with E-state index in [4.69, 9.17) is 4.74 Å². The fourth-order valence-electron chi connectivity index (χ4n) is 2.36. The molecule has 0 radical (unpaired) electrons. The number of para-hydroxylation sites is 1. The van der Waals surface area contributed by atoms with E-state index in [0.717, 1.165) is 5.56 Å². The lowest BCUT2D eigenvalue weighted by Crippen LogP contribution is -2.42. The van der Waals surface area contributed by atoms with Crippen LogP contribution in [0.2, 0.25) is 0 Å². The van der Waals surface area contributed by atoms with E-state index >= 15 is 0 Å². The van der Waals surface area contributed by atoms with Gasteiger partial charge in [-0.1, -0.05) is 32.0 Å². The minimum atomic E-state index is -1.06. The van der Waals surface area contributed by atoms with Gasteiger partial charge in [0, 0.05) is 0 Å². The van der Waals surface area contributed by atoms with Gasteiger partial charge < -0.3 is 9.84 Å². The van der Waals surface area contributed by atoms with Crippen LogP contribution < -0.4 is 4.90 Å². The molecule has 1 fully saturated rings. The number of amides is 1. The van der Waals surface area contributed by atoms with Crippen LogP contribution in [0.1, 0.15) is 32.3 Å². The zero-order valence-electron chi connectivity index (χ0n) is 11.2. The Labute approximate surface area is 111 Å². The van der Waals surface area contributed by atoms with Crippen molar-refractivity contribution in [3.63, 3.8) is 0 Å². The Bertz CT molecular complexity index is 512. The average molecular weight is 263 g/mol. The summed E-state index contributed by atoms with van der Waals surface area (Å²) < 4.78 is 5.04. The number of hydrogen-bond acceptors (Lipinski definition) is 3. The van der Waals surface area contributed by atoms with Crippen molar-refractivity contribution in [1.82, 2.24) is 0 Å². The number of hydrogen-bond donors (Lipinski definition) is 1. The topological polar surface area (TPSA) is 66.8 Å². The zero-order chi connectivity index (χ0) is 14.2. The van der Waals surface area contributed by atoms with E-state index in [1.54, 1.807) is 19.1 Å². The number of cyclic esters (lactones) is 1. The van der Waals surface area contributed by atoms with Gasteiger partial charge in [-0.25, -0.2) is 9.59 Å². The largest absolute Gasteiger partial charge is 0.480 e. The van der Waals surface area contributed by atoms with Crippen molar-refractivity contribution in [2.24, 2.45) is 0 Å². The molecule has 5 heteroatoms. The molecule has 1 saturated heterocycles. The van der Waals surface area contributed by atoms with Gasteiger partial charge in [-0.2, -0.15) is 0 Å². The Balaban J connectivity index is 2.50. The van der Waals surface area contributed by atoms with Gasteiger partial charge in [0.1, 0.15) is 6.10 Å². The molecule has 1 N–H and O–H groups in total. The van der Waals surface area contributed by atoms with Crippen molar-refractivity contribution >= 4 is 17.7 Å². The van der Waals surface area contributed by atoms with Crippen LogP contribution in [-0.2, 0) is 9.53 Å². The molecule has 2 atom stereocenters. The molecule has 0 spiro atoms. The van der Waals surface area contributed by atoms with Crippen molar-refractivity contribution < 1.29 is 19.4 Å². The van der Waals surface area contributed by atoms with E-state index in [-0.39, 0.29) is 5.92 Å². The first-order valence-electron chi connectivity index (χ1n) is 6.25. The van der Waals surface area contributed by atoms with Gasteiger partial charge >= 0.3 is 12.1 Å². The molecule has 1 aromatic carbocycles. The molecule has 1 heterocycles. The van der Waals surface area contributed by atoms with Crippen LogP contribution in [0, 0.1) is 0 Å². The molecular weight excluding hydrogens is 246 g/mol. The first-order valence-corrected chi connectivity index (χ1v) is 6.25. The van der Waals surface area contributed by atoms with Gasteiger partial charge in [0.15, 0.2) is 6.04 Å². The molecule has 102 valence electrons. The Morgan fingerprint density at radius 3 is 2.58 bits per heavy atom. The van der Waals surface area contributed by atoms with E-state index in [2.05, 4.69) is 0 Å². The molecule has 0 aromatic heterocycles.